The van der Waals surface area contributed by atoms with Gasteiger partial charge in [-0.2, -0.15) is 10.2 Å². The Morgan fingerprint density at radius 3 is 2.90 bits per heavy atom. The largest absolute Gasteiger partial charge is 0.347 e. The molecule has 1 aliphatic rings. The molecule has 9 heteroatoms. The molecule has 29 heavy (non-hydrogen) atoms. The molecular weight excluding hydrogens is 386 g/mol. The standard InChI is InChI=1S/C20H21N7OS/c1-26-10-15(7-23-26)14-6-22-19-17(9-24-27(19)11-14)13-5-18(29-12-13)20(28)25-16-3-2-4-21-8-16/h5-7,9-12,16,21H,2-4,8H2,1H3,(H,25,28)/t16-/m1/s1. The molecule has 1 aliphatic heterocycles. The van der Waals surface area contributed by atoms with Gasteiger partial charge in [0, 0.05) is 54.9 Å². The van der Waals surface area contributed by atoms with Crippen molar-refractivity contribution >= 4 is 22.9 Å². The van der Waals surface area contributed by atoms with E-state index in [2.05, 4.69) is 25.8 Å². The summed E-state index contributed by atoms with van der Waals surface area (Å²) in [5.41, 5.74) is 4.58. The molecule has 0 aliphatic carbocycles. The molecule has 4 aromatic rings. The fourth-order valence-electron chi connectivity index (χ4n) is 3.63. The minimum atomic E-state index is -0.0155. The molecule has 5 rings (SSSR count). The van der Waals surface area contributed by atoms with E-state index in [0.717, 1.165) is 53.8 Å². The summed E-state index contributed by atoms with van der Waals surface area (Å²) >= 11 is 1.45. The van der Waals surface area contributed by atoms with Crippen molar-refractivity contribution in [3.8, 4) is 22.3 Å². The average molecular weight is 408 g/mol. The lowest BCUT2D eigenvalue weighted by molar-refractivity contribution is 0.0935. The molecule has 1 atom stereocenters. The quantitative estimate of drug-likeness (QED) is 0.542. The molecule has 2 N–H and O–H groups in total. The number of aryl methyl sites for hydroxylation is 1. The Hall–Kier alpha value is -3.04. The summed E-state index contributed by atoms with van der Waals surface area (Å²) in [5, 5.41) is 17.1. The summed E-state index contributed by atoms with van der Waals surface area (Å²) in [6.07, 6.45) is 11.4. The normalized spacial score (nSPS) is 16.9. The first-order valence-electron chi connectivity index (χ1n) is 9.60. The maximum Gasteiger partial charge on any atom is 0.261 e. The molecule has 1 amide bonds. The van der Waals surface area contributed by atoms with Crippen molar-refractivity contribution in [3.63, 3.8) is 0 Å². The van der Waals surface area contributed by atoms with E-state index in [1.807, 2.05) is 37.1 Å². The predicted octanol–water partition coefficient (Wildman–Crippen LogP) is 2.34. The molecular formula is C20H21N7OS. The number of amides is 1. The third-order valence-electron chi connectivity index (χ3n) is 5.16. The van der Waals surface area contributed by atoms with Crippen LogP contribution in [-0.4, -0.2) is 49.4 Å². The molecule has 8 nitrogen and oxygen atoms in total. The molecule has 0 aromatic carbocycles. The number of hydrogen-bond donors (Lipinski definition) is 2. The van der Waals surface area contributed by atoms with Crippen LogP contribution in [0.3, 0.4) is 0 Å². The van der Waals surface area contributed by atoms with Crippen LogP contribution in [0.5, 0.6) is 0 Å². The summed E-state index contributed by atoms with van der Waals surface area (Å²) in [7, 11) is 1.89. The number of nitrogens with one attached hydrogen (secondary N) is 2. The van der Waals surface area contributed by atoms with Gasteiger partial charge in [-0.05, 0) is 36.4 Å². The Kier molecular flexibility index (Phi) is 4.61. The van der Waals surface area contributed by atoms with Crippen LogP contribution in [0.4, 0.5) is 0 Å². The second-order valence-electron chi connectivity index (χ2n) is 7.29. The molecule has 0 saturated carbocycles. The average Bonchev–Trinajstić information content (AvgIpc) is 3.47. The van der Waals surface area contributed by atoms with Crippen LogP contribution in [0.1, 0.15) is 22.5 Å². The highest BCUT2D eigenvalue weighted by molar-refractivity contribution is 7.12. The number of nitrogens with zero attached hydrogens (tertiary/aromatic N) is 5. The van der Waals surface area contributed by atoms with E-state index in [0.29, 0.717) is 4.88 Å². The topological polar surface area (TPSA) is 89.1 Å². The van der Waals surface area contributed by atoms with Crippen molar-refractivity contribution in [3.05, 3.63) is 47.3 Å². The third-order valence-corrected chi connectivity index (χ3v) is 6.09. The van der Waals surface area contributed by atoms with Gasteiger partial charge >= 0.3 is 0 Å². The SMILES string of the molecule is Cn1cc(-c2cnc3c(-c4csc(C(=O)N[C@@H]5CCCNC5)c4)cnn3c2)cn1. The van der Waals surface area contributed by atoms with Gasteiger partial charge in [-0.1, -0.05) is 0 Å². The zero-order valence-corrected chi connectivity index (χ0v) is 16.8. The Labute approximate surface area is 171 Å². The van der Waals surface area contributed by atoms with Crippen LogP contribution in [0, 0.1) is 0 Å². The summed E-state index contributed by atoms with van der Waals surface area (Å²) in [6, 6.07) is 2.12. The zero-order chi connectivity index (χ0) is 19.8. The van der Waals surface area contributed by atoms with Gasteiger partial charge in [0.1, 0.15) is 0 Å². The maximum atomic E-state index is 12.6. The molecule has 1 fully saturated rings. The number of rotatable bonds is 4. The highest BCUT2D eigenvalue weighted by atomic mass is 32.1. The number of aromatic nitrogens is 5. The molecule has 4 aromatic heterocycles. The summed E-state index contributed by atoms with van der Waals surface area (Å²) < 4.78 is 3.53. The van der Waals surface area contributed by atoms with Crippen LogP contribution in [0.15, 0.2) is 42.4 Å². The fourth-order valence-corrected chi connectivity index (χ4v) is 4.44. The maximum absolute atomic E-state index is 12.6. The summed E-state index contributed by atoms with van der Waals surface area (Å²) in [6.45, 7) is 1.86. The Bertz CT molecular complexity index is 1170. The number of fused-ring (bicyclic) bond motifs is 1. The van der Waals surface area contributed by atoms with Gasteiger partial charge < -0.3 is 10.6 Å². The van der Waals surface area contributed by atoms with Crippen molar-refractivity contribution in [2.45, 2.75) is 18.9 Å². The van der Waals surface area contributed by atoms with E-state index in [9.17, 15) is 4.79 Å². The Balaban J connectivity index is 1.39. The minimum Gasteiger partial charge on any atom is -0.347 e. The van der Waals surface area contributed by atoms with E-state index in [4.69, 9.17) is 0 Å². The number of hydrogen-bond acceptors (Lipinski definition) is 6. The second kappa shape index (κ2) is 7.41. The predicted molar refractivity (Wildman–Crippen MR) is 112 cm³/mol. The second-order valence-corrected chi connectivity index (χ2v) is 8.20. The van der Waals surface area contributed by atoms with Crippen molar-refractivity contribution in [1.82, 2.24) is 35.0 Å². The number of piperidine rings is 1. The monoisotopic (exact) mass is 407 g/mol. The first-order valence-corrected chi connectivity index (χ1v) is 10.5. The molecule has 1 saturated heterocycles. The van der Waals surface area contributed by atoms with Gasteiger partial charge in [-0.3, -0.25) is 9.48 Å². The van der Waals surface area contributed by atoms with Crippen LogP contribution in [0.25, 0.3) is 27.9 Å². The minimum absolute atomic E-state index is 0.0155. The first-order chi connectivity index (χ1) is 14.2. The lowest BCUT2D eigenvalue weighted by atomic mass is 10.1. The van der Waals surface area contributed by atoms with Gasteiger partial charge in [-0.25, -0.2) is 9.50 Å². The van der Waals surface area contributed by atoms with Gasteiger partial charge in [0.05, 0.1) is 17.3 Å². The van der Waals surface area contributed by atoms with Crippen LogP contribution < -0.4 is 10.6 Å². The molecule has 0 unspecified atom stereocenters. The van der Waals surface area contributed by atoms with E-state index in [1.165, 1.54) is 11.3 Å². The van der Waals surface area contributed by atoms with Crippen molar-refractivity contribution in [1.29, 1.82) is 0 Å². The van der Waals surface area contributed by atoms with E-state index < -0.39 is 0 Å². The number of thiophene rings is 1. The lowest BCUT2D eigenvalue weighted by Gasteiger charge is -2.23. The van der Waals surface area contributed by atoms with Gasteiger partial charge in [0.25, 0.3) is 5.91 Å². The van der Waals surface area contributed by atoms with Gasteiger partial charge in [-0.15, -0.1) is 11.3 Å². The molecule has 5 heterocycles. The molecule has 0 spiro atoms. The highest BCUT2D eigenvalue weighted by Gasteiger charge is 2.19. The van der Waals surface area contributed by atoms with Crippen molar-refractivity contribution in [2.24, 2.45) is 7.05 Å². The first kappa shape index (κ1) is 18.0. The Morgan fingerprint density at radius 2 is 2.10 bits per heavy atom. The van der Waals surface area contributed by atoms with E-state index in [-0.39, 0.29) is 11.9 Å². The van der Waals surface area contributed by atoms with Gasteiger partial charge in [0.2, 0.25) is 0 Å². The molecule has 0 radical (unpaired) electrons. The highest BCUT2D eigenvalue weighted by Crippen LogP contribution is 2.29. The lowest BCUT2D eigenvalue weighted by Crippen LogP contribution is -2.45. The number of carbonyl (C=O) groups is 1. The van der Waals surface area contributed by atoms with E-state index in [1.54, 1.807) is 21.6 Å². The van der Waals surface area contributed by atoms with Crippen molar-refractivity contribution in [2.75, 3.05) is 13.1 Å². The molecule has 0 bridgehead atoms. The van der Waals surface area contributed by atoms with Crippen LogP contribution in [-0.2, 0) is 7.05 Å². The smallest absolute Gasteiger partial charge is 0.261 e. The Morgan fingerprint density at radius 1 is 1.21 bits per heavy atom. The van der Waals surface area contributed by atoms with Crippen molar-refractivity contribution < 1.29 is 4.79 Å². The summed E-state index contributed by atoms with van der Waals surface area (Å²) in [5.74, 6) is -0.0155. The molecule has 148 valence electrons. The van der Waals surface area contributed by atoms with Crippen LogP contribution in [0.2, 0.25) is 0 Å². The fraction of sp³-hybridized carbons (Fsp3) is 0.300. The summed E-state index contributed by atoms with van der Waals surface area (Å²) in [4.78, 5) is 17.9. The van der Waals surface area contributed by atoms with Crippen LogP contribution >= 0.6 is 11.3 Å². The van der Waals surface area contributed by atoms with Gasteiger partial charge in [0.15, 0.2) is 5.65 Å². The third kappa shape index (κ3) is 3.54. The van der Waals surface area contributed by atoms with E-state index >= 15 is 0 Å². The number of carbonyl (C=O) groups excluding carboxylic acids is 1. The zero-order valence-electron chi connectivity index (χ0n) is 16.0.